The molecular weight excluding hydrogens is 359 g/mol. The van der Waals surface area contributed by atoms with Crippen molar-refractivity contribution in [2.75, 3.05) is 26.2 Å². The molecule has 2 aromatic rings. The van der Waals surface area contributed by atoms with Crippen molar-refractivity contribution in [2.24, 2.45) is 0 Å². The lowest BCUT2D eigenvalue weighted by atomic mass is 10.2. The first kappa shape index (κ1) is 19.2. The summed E-state index contributed by atoms with van der Waals surface area (Å²) in [7, 11) is 0. The van der Waals surface area contributed by atoms with Crippen LogP contribution in [-0.2, 0) is 24.1 Å². The van der Waals surface area contributed by atoms with Crippen LogP contribution in [0.5, 0.6) is 0 Å². The molecule has 0 saturated carbocycles. The van der Waals surface area contributed by atoms with Gasteiger partial charge in [0.25, 0.3) is 5.56 Å². The molecule has 1 saturated heterocycles. The van der Waals surface area contributed by atoms with Gasteiger partial charge < -0.3 is 9.47 Å². The van der Waals surface area contributed by atoms with E-state index in [1.807, 2.05) is 30.3 Å². The smallest absolute Gasteiger partial charge is 0.339 e. The van der Waals surface area contributed by atoms with Crippen LogP contribution in [0.25, 0.3) is 0 Å². The van der Waals surface area contributed by atoms with Gasteiger partial charge >= 0.3 is 6.18 Å². The van der Waals surface area contributed by atoms with Crippen molar-refractivity contribution in [2.45, 2.75) is 19.3 Å². The predicted octanol–water partition coefficient (Wildman–Crippen LogP) is 2.21. The topological polar surface area (TPSA) is 45.6 Å². The number of carbonyl (C=O) groups is 1. The van der Waals surface area contributed by atoms with Crippen molar-refractivity contribution in [1.29, 1.82) is 0 Å². The van der Waals surface area contributed by atoms with Crippen LogP contribution in [0.4, 0.5) is 13.2 Å². The molecule has 27 heavy (non-hydrogen) atoms. The Morgan fingerprint density at radius 1 is 0.963 bits per heavy atom. The minimum atomic E-state index is -4.73. The normalized spacial score (nSPS) is 15.7. The van der Waals surface area contributed by atoms with Gasteiger partial charge in [0.15, 0.2) is 0 Å². The Morgan fingerprint density at radius 3 is 2.26 bits per heavy atom. The Hall–Kier alpha value is -2.61. The molecule has 0 unspecified atom stereocenters. The Morgan fingerprint density at radius 2 is 1.63 bits per heavy atom. The molecule has 0 N–H and O–H groups in total. The summed E-state index contributed by atoms with van der Waals surface area (Å²) in [5.74, 6) is -0.351. The Kier molecular flexibility index (Phi) is 5.65. The van der Waals surface area contributed by atoms with Crippen LogP contribution >= 0.6 is 0 Å². The number of pyridine rings is 1. The van der Waals surface area contributed by atoms with Gasteiger partial charge in [0.1, 0.15) is 12.1 Å². The summed E-state index contributed by atoms with van der Waals surface area (Å²) < 4.78 is 39.3. The lowest BCUT2D eigenvalue weighted by Gasteiger charge is -2.34. The number of alkyl halides is 3. The first-order chi connectivity index (χ1) is 12.8. The molecule has 8 heteroatoms. The Balaban J connectivity index is 1.58. The molecule has 0 bridgehead atoms. The molecule has 1 aromatic carbocycles. The van der Waals surface area contributed by atoms with E-state index < -0.39 is 17.3 Å². The fraction of sp³-hybridized carbons (Fsp3) is 0.368. The standard InChI is InChI=1S/C19H20F3N3O2/c20-19(21,22)16-7-4-8-25(18(16)27)14-17(26)24-11-9-23(10-12-24)13-15-5-2-1-3-6-15/h1-8H,9-14H2. The number of benzene rings is 1. The number of rotatable bonds is 4. The van der Waals surface area contributed by atoms with Gasteiger partial charge in [-0.25, -0.2) is 0 Å². The summed E-state index contributed by atoms with van der Waals surface area (Å²) in [6, 6.07) is 11.8. The number of hydrogen-bond donors (Lipinski definition) is 0. The predicted molar refractivity (Wildman–Crippen MR) is 94.0 cm³/mol. The Labute approximate surface area is 154 Å². The van der Waals surface area contributed by atoms with Crippen LogP contribution < -0.4 is 5.56 Å². The van der Waals surface area contributed by atoms with E-state index in [-0.39, 0.29) is 12.5 Å². The van der Waals surface area contributed by atoms with E-state index >= 15 is 0 Å². The average molecular weight is 379 g/mol. The zero-order valence-electron chi connectivity index (χ0n) is 14.7. The van der Waals surface area contributed by atoms with E-state index in [2.05, 4.69) is 4.90 Å². The van der Waals surface area contributed by atoms with E-state index in [0.29, 0.717) is 26.2 Å². The fourth-order valence-electron chi connectivity index (χ4n) is 3.12. The summed E-state index contributed by atoms with van der Waals surface area (Å²) in [4.78, 5) is 28.2. The monoisotopic (exact) mass is 379 g/mol. The molecule has 1 aliphatic heterocycles. The Bertz CT molecular complexity index is 841. The second kappa shape index (κ2) is 7.96. The first-order valence-electron chi connectivity index (χ1n) is 8.65. The fourth-order valence-corrected chi connectivity index (χ4v) is 3.12. The van der Waals surface area contributed by atoms with Crippen molar-refractivity contribution in [3.63, 3.8) is 0 Å². The number of hydrogen-bond acceptors (Lipinski definition) is 3. The summed E-state index contributed by atoms with van der Waals surface area (Å²) >= 11 is 0. The van der Waals surface area contributed by atoms with E-state index in [1.54, 1.807) is 4.90 Å². The molecule has 0 radical (unpaired) electrons. The molecule has 0 aliphatic carbocycles. The molecule has 1 aliphatic rings. The van der Waals surface area contributed by atoms with E-state index in [1.165, 1.54) is 11.8 Å². The molecule has 0 spiro atoms. The minimum Gasteiger partial charge on any atom is -0.339 e. The zero-order chi connectivity index (χ0) is 19.4. The SMILES string of the molecule is O=C(Cn1cccc(C(F)(F)F)c1=O)N1CCN(Cc2ccccc2)CC1. The van der Waals surface area contributed by atoms with Gasteiger partial charge in [-0.15, -0.1) is 0 Å². The number of halogens is 3. The highest BCUT2D eigenvalue weighted by Crippen LogP contribution is 2.26. The lowest BCUT2D eigenvalue weighted by molar-refractivity contribution is -0.140. The molecule has 2 heterocycles. The number of carbonyl (C=O) groups excluding carboxylic acids is 1. The highest BCUT2D eigenvalue weighted by atomic mass is 19.4. The summed E-state index contributed by atoms with van der Waals surface area (Å²) in [6.07, 6.45) is -3.52. The summed E-state index contributed by atoms with van der Waals surface area (Å²) in [6.45, 7) is 2.73. The van der Waals surface area contributed by atoms with Gasteiger partial charge in [-0.1, -0.05) is 30.3 Å². The van der Waals surface area contributed by atoms with Crippen LogP contribution in [0.2, 0.25) is 0 Å². The van der Waals surface area contributed by atoms with Crippen LogP contribution in [0.3, 0.4) is 0 Å². The molecule has 3 rings (SSSR count). The van der Waals surface area contributed by atoms with E-state index in [4.69, 9.17) is 0 Å². The van der Waals surface area contributed by atoms with E-state index in [0.717, 1.165) is 23.2 Å². The maximum Gasteiger partial charge on any atom is 0.421 e. The molecule has 1 fully saturated rings. The third kappa shape index (κ3) is 4.77. The van der Waals surface area contributed by atoms with Crippen LogP contribution in [-0.4, -0.2) is 46.5 Å². The molecule has 5 nitrogen and oxygen atoms in total. The molecule has 0 atom stereocenters. The van der Waals surface area contributed by atoms with Crippen molar-refractivity contribution in [3.05, 3.63) is 70.1 Å². The van der Waals surface area contributed by atoms with Crippen LogP contribution in [0, 0.1) is 0 Å². The highest BCUT2D eigenvalue weighted by molar-refractivity contribution is 5.76. The molecular formula is C19H20F3N3O2. The van der Waals surface area contributed by atoms with Crippen molar-refractivity contribution < 1.29 is 18.0 Å². The van der Waals surface area contributed by atoms with E-state index in [9.17, 15) is 22.8 Å². The maximum absolute atomic E-state index is 12.8. The average Bonchev–Trinajstić information content (AvgIpc) is 2.64. The van der Waals surface area contributed by atoms with Crippen molar-refractivity contribution >= 4 is 5.91 Å². The summed E-state index contributed by atoms with van der Waals surface area (Å²) in [5.41, 5.74) is -1.26. The second-order valence-corrected chi connectivity index (χ2v) is 6.50. The van der Waals surface area contributed by atoms with Gasteiger partial charge in [-0.3, -0.25) is 14.5 Å². The van der Waals surface area contributed by atoms with Gasteiger partial charge in [-0.05, 0) is 17.7 Å². The number of piperazine rings is 1. The van der Waals surface area contributed by atoms with Crippen LogP contribution in [0.1, 0.15) is 11.1 Å². The number of nitrogens with zero attached hydrogens (tertiary/aromatic N) is 3. The summed E-state index contributed by atoms with van der Waals surface area (Å²) in [5, 5.41) is 0. The van der Waals surface area contributed by atoms with Crippen LogP contribution in [0.15, 0.2) is 53.5 Å². The van der Waals surface area contributed by atoms with Gasteiger partial charge in [0, 0.05) is 38.9 Å². The number of aromatic nitrogens is 1. The second-order valence-electron chi connectivity index (χ2n) is 6.50. The van der Waals surface area contributed by atoms with Gasteiger partial charge in [0.05, 0.1) is 0 Å². The number of amides is 1. The minimum absolute atomic E-state index is 0.351. The molecule has 144 valence electrons. The highest BCUT2D eigenvalue weighted by Gasteiger charge is 2.34. The first-order valence-corrected chi connectivity index (χ1v) is 8.65. The largest absolute Gasteiger partial charge is 0.421 e. The molecule has 1 amide bonds. The maximum atomic E-state index is 12.8. The van der Waals surface area contributed by atoms with Gasteiger partial charge in [0.2, 0.25) is 5.91 Å². The van der Waals surface area contributed by atoms with Crippen molar-refractivity contribution in [3.8, 4) is 0 Å². The van der Waals surface area contributed by atoms with Crippen molar-refractivity contribution in [1.82, 2.24) is 14.4 Å². The third-order valence-corrected chi connectivity index (χ3v) is 4.61. The zero-order valence-corrected chi connectivity index (χ0v) is 14.7. The third-order valence-electron chi connectivity index (χ3n) is 4.61. The van der Waals surface area contributed by atoms with Gasteiger partial charge in [-0.2, -0.15) is 13.2 Å². The quantitative estimate of drug-likeness (QED) is 0.818. The lowest BCUT2D eigenvalue weighted by Crippen LogP contribution is -2.49. The molecule has 1 aromatic heterocycles.